The number of benzene rings is 2. The van der Waals surface area contributed by atoms with Crippen molar-refractivity contribution in [2.24, 2.45) is 0 Å². The van der Waals surface area contributed by atoms with Crippen LogP contribution in [0.2, 0.25) is 5.02 Å². The van der Waals surface area contributed by atoms with Crippen molar-refractivity contribution in [2.45, 2.75) is 57.1 Å². The summed E-state index contributed by atoms with van der Waals surface area (Å²) in [6.07, 6.45) is 1.20. The summed E-state index contributed by atoms with van der Waals surface area (Å²) in [5.74, 6) is 0.486. The van der Waals surface area contributed by atoms with Crippen LogP contribution in [0.1, 0.15) is 39.2 Å². The molecule has 0 aliphatic rings. The van der Waals surface area contributed by atoms with E-state index in [1.807, 2.05) is 62.4 Å². The van der Waals surface area contributed by atoms with Crippen molar-refractivity contribution in [1.82, 2.24) is 10.2 Å². The molecule has 0 radical (unpaired) electrons. The summed E-state index contributed by atoms with van der Waals surface area (Å²) in [5, 5.41) is 3.60. The zero-order valence-electron chi connectivity index (χ0n) is 17.2. The molecule has 0 saturated heterocycles. The smallest absolute Gasteiger partial charge is 0.242 e. The predicted molar refractivity (Wildman–Crippen MR) is 121 cm³/mol. The van der Waals surface area contributed by atoms with Crippen molar-refractivity contribution < 1.29 is 9.59 Å². The van der Waals surface area contributed by atoms with Crippen LogP contribution in [0.5, 0.6) is 0 Å². The summed E-state index contributed by atoms with van der Waals surface area (Å²) in [5.41, 5.74) is 0.907. The van der Waals surface area contributed by atoms with Crippen molar-refractivity contribution in [3.05, 3.63) is 65.2 Å². The van der Waals surface area contributed by atoms with Gasteiger partial charge in [-0.25, -0.2) is 0 Å². The lowest BCUT2D eigenvalue weighted by atomic mass is 10.1. The Morgan fingerprint density at radius 2 is 1.83 bits per heavy atom. The molecule has 0 fully saturated rings. The highest BCUT2D eigenvalue weighted by Gasteiger charge is 2.26. The van der Waals surface area contributed by atoms with Gasteiger partial charge in [0.1, 0.15) is 6.04 Å². The first-order chi connectivity index (χ1) is 13.9. The number of hydrogen-bond donors (Lipinski definition) is 1. The molecule has 0 bridgehead atoms. The van der Waals surface area contributed by atoms with Gasteiger partial charge in [0, 0.05) is 34.7 Å². The SMILES string of the molecule is CC[C@H](C)NC(=O)[C@H](C)N(Cc1cccc(Cl)c1)C(=O)CCSc1ccccc1. The normalized spacial score (nSPS) is 12.8. The zero-order chi connectivity index (χ0) is 21.2. The minimum absolute atomic E-state index is 0.0415. The fourth-order valence-corrected chi connectivity index (χ4v) is 3.87. The highest BCUT2D eigenvalue weighted by Crippen LogP contribution is 2.20. The number of nitrogens with one attached hydrogen (secondary N) is 1. The molecular formula is C23H29ClN2O2S. The molecular weight excluding hydrogens is 404 g/mol. The third-order valence-corrected chi connectivity index (χ3v) is 5.99. The van der Waals surface area contributed by atoms with Gasteiger partial charge in [0.2, 0.25) is 11.8 Å². The van der Waals surface area contributed by atoms with Crippen LogP contribution in [0.3, 0.4) is 0 Å². The molecule has 0 aliphatic carbocycles. The maximum absolute atomic E-state index is 13.0. The summed E-state index contributed by atoms with van der Waals surface area (Å²) < 4.78 is 0. The van der Waals surface area contributed by atoms with Crippen LogP contribution in [-0.2, 0) is 16.1 Å². The first kappa shape index (κ1) is 23.3. The van der Waals surface area contributed by atoms with Crippen molar-refractivity contribution in [2.75, 3.05) is 5.75 Å². The van der Waals surface area contributed by atoms with E-state index < -0.39 is 6.04 Å². The van der Waals surface area contributed by atoms with Gasteiger partial charge in [-0.1, -0.05) is 48.9 Å². The Morgan fingerprint density at radius 3 is 2.48 bits per heavy atom. The molecule has 0 unspecified atom stereocenters. The number of nitrogens with zero attached hydrogens (tertiary/aromatic N) is 1. The summed E-state index contributed by atoms with van der Waals surface area (Å²) in [4.78, 5) is 28.5. The largest absolute Gasteiger partial charge is 0.352 e. The van der Waals surface area contributed by atoms with Crippen LogP contribution < -0.4 is 5.32 Å². The number of carbonyl (C=O) groups is 2. The molecule has 0 heterocycles. The highest BCUT2D eigenvalue weighted by molar-refractivity contribution is 7.99. The summed E-state index contributed by atoms with van der Waals surface area (Å²) >= 11 is 7.74. The molecule has 0 saturated carbocycles. The molecule has 2 amide bonds. The third-order valence-electron chi connectivity index (χ3n) is 4.74. The first-order valence-corrected chi connectivity index (χ1v) is 11.3. The zero-order valence-corrected chi connectivity index (χ0v) is 18.8. The fraction of sp³-hybridized carbons (Fsp3) is 0.391. The Balaban J connectivity index is 2.07. The number of halogens is 1. The van der Waals surface area contributed by atoms with E-state index in [4.69, 9.17) is 11.6 Å². The molecule has 4 nitrogen and oxygen atoms in total. The van der Waals surface area contributed by atoms with E-state index in [9.17, 15) is 9.59 Å². The van der Waals surface area contributed by atoms with Crippen molar-refractivity contribution in [3.8, 4) is 0 Å². The van der Waals surface area contributed by atoms with Gasteiger partial charge in [-0.05, 0) is 50.1 Å². The molecule has 0 spiro atoms. The van der Waals surface area contributed by atoms with E-state index in [2.05, 4.69) is 5.32 Å². The Bertz CT molecular complexity index is 800. The van der Waals surface area contributed by atoms with Crippen LogP contribution in [-0.4, -0.2) is 34.6 Å². The van der Waals surface area contributed by atoms with E-state index in [-0.39, 0.29) is 17.9 Å². The van der Waals surface area contributed by atoms with Gasteiger partial charge in [0.05, 0.1) is 0 Å². The summed E-state index contributed by atoms with van der Waals surface area (Å²) in [7, 11) is 0. The van der Waals surface area contributed by atoms with Gasteiger partial charge in [-0.2, -0.15) is 0 Å². The van der Waals surface area contributed by atoms with E-state index in [0.29, 0.717) is 23.7 Å². The Morgan fingerprint density at radius 1 is 1.10 bits per heavy atom. The van der Waals surface area contributed by atoms with Gasteiger partial charge in [-0.3, -0.25) is 9.59 Å². The molecule has 2 aromatic carbocycles. The quantitative estimate of drug-likeness (QED) is 0.528. The monoisotopic (exact) mass is 432 g/mol. The lowest BCUT2D eigenvalue weighted by Gasteiger charge is -2.29. The van der Waals surface area contributed by atoms with Crippen molar-refractivity contribution in [1.29, 1.82) is 0 Å². The third kappa shape index (κ3) is 7.75. The van der Waals surface area contributed by atoms with Gasteiger partial charge in [0.25, 0.3) is 0 Å². The second kappa shape index (κ2) is 11.9. The van der Waals surface area contributed by atoms with Gasteiger partial charge >= 0.3 is 0 Å². The minimum Gasteiger partial charge on any atom is -0.352 e. The van der Waals surface area contributed by atoms with Crippen molar-refractivity contribution in [3.63, 3.8) is 0 Å². The van der Waals surface area contributed by atoms with E-state index in [1.54, 1.807) is 29.7 Å². The Labute approximate surface area is 183 Å². The topological polar surface area (TPSA) is 49.4 Å². The maximum Gasteiger partial charge on any atom is 0.242 e. The molecule has 2 rings (SSSR count). The van der Waals surface area contributed by atoms with Crippen molar-refractivity contribution >= 4 is 35.2 Å². The molecule has 6 heteroatoms. The van der Waals surface area contributed by atoms with Crippen LogP contribution in [0, 0.1) is 0 Å². The molecule has 2 atom stereocenters. The van der Waals surface area contributed by atoms with E-state index in [1.165, 1.54) is 0 Å². The molecule has 29 heavy (non-hydrogen) atoms. The average Bonchev–Trinajstić information content (AvgIpc) is 2.72. The second-order valence-electron chi connectivity index (χ2n) is 7.06. The van der Waals surface area contributed by atoms with Crippen LogP contribution >= 0.6 is 23.4 Å². The first-order valence-electron chi connectivity index (χ1n) is 9.92. The van der Waals surface area contributed by atoms with Gasteiger partial charge < -0.3 is 10.2 Å². The number of amides is 2. The Kier molecular flexibility index (Phi) is 9.55. The summed E-state index contributed by atoms with van der Waals surface area (Å²) in [6.45, 7) is 6.12. The molecule has 0 aromatic heterocycles. The van der Waals surface area contributed by atoms with Crippen LogP contribution in [0.25, 0.3) is 0 Å². The standard InChI is InChI=1S/C23H29ClN2O2S/c1-4-17(2)25-23(28)18(3)26(16-19-9-8-10-20(24)15-19)22(27)13-14-29-21-11-6-5-7-12-21/h5-12,15,17-18H,4,13-14,16H2,1-3H3,(H,25,28)/t17-,18-/m0/s1. The maximum atomic E-state index is 13.0. The molecule has 1 N–H and O–H groups in total. The second-order valence-corrected chi connectivity index (χ2v) is 8.66. The highest BCUT2D eigenvalue weighted by atomic mass is 35.5. The summed E-state index contributed by atoms with van der Waals surface area (Å²) in [6, 6.07) is 16.9. The van der Waals surface area contributed by atoms with Gasteiger partial charge in [-0.15, -0.1) is 11.8 Å². The molecule has 2 aromatic rings. The Hall–Kier alpha value is -1.98. The number of thioether (sulfide) groups is 1. The number of rotatable bonds is 10. The average molecular weight is 433 g/mol. The predicted octanol–water partition coefficient (Wildman–Crippen LogP) is 5.15. The number of hydrogen-bond acceptors (Lipinski definition) is 3. The molecule has 156 valence electrons. The van der Waals surface area contributed by atoms with E-state index in [0.717, 1.165) is 16.9 Å². The van der Waals surface area contributed by atoms with Crippen LogP contribution in [0.15, 0.2) is 59.5 Å². The van der Waals surface area contributed by atoms with E-state index >= 15 is 0 Å². The van der Waals surface area contributed by atoms with Crippen LogP contribution in [0.4, 0.5) is 0 Å². The molecule has 0 aliphatic heterocycles. The lowest BCUT2D eigenvalue weighted by Crippen LogP contribution is -2.49. The lowest BCUT2D eigenvalue weighted by molar-refractivity contribution is -0.140. The van der Waals surface area contributed by atoms with Gasteiger partial charge in [0.15, 0.2) is 0 Å². The number of carbonyl (C=O) groups excluding carboxylic acids is 2. The fourth-order valence-electron chi connectivity index (χ4n) is 2.80. The minimum atomic E-state index is -0.558.